The molecular weight excluding hydrogens is 392 g/mol. The van der Waals surface area contributed by atoms with Crippen LogP contribution in [0.1, 0.15) is 11.5 Å². The lowest BCUT2D eigenvalue weighted by molar-refractivity contribution is -0.111. The first kappa shape index (κ1) is 20.4. The predicted molar refractivity (Wildman–Crippen MR) is 110 cm³/mol. The van der Waals surface area contributed by atoms with Gasteiger partial charge in [-0.15, -0.1) is 0 Å². The minimum atomic E-state index is -3.62. The van der Waals surface area contributed by atoms with E-state index in [1.54, 1.807) is 61.7 Å². The van der Waals surface area contributed by atoms with Crippen LogP contribution in [0.25, 0.3) is 6.08 Å². The van der Waals surface area contributed by atoms with Crippen LogP contribution in [-0.2, 0) is 21.4 Å². The third-order valence-corrected chi connectivity index (χ3v) is 5.35. The molecule has 0 atom stereocenters. The van der Waals surface area contributed by atoms with Gasteiger partial charge in [0, 0.05) is 11.8 Å². The van der Waals surface area contributed by atoms with Crippen LogP contribution in [0.15, 0.2) is 82.1 Å². The van der Waals surface area contributed by atoms with Crippen molar-refractivity contribution in [3.8, 4) is 5.75 Å². The number of carbonyl (C=O) groups excluding carboxylic acids is 1. The van der Waals surface area contributed by atoms with Crippen molar-refractivity contribution >= 4 is 27.7 Å². The first-order valence-corrected chi connectivity index (χ1v) is 10.2. The Morgan fingerprint density at radius 3 is 2.45 bits per heavy atom. The van der Waals surface area contributed by atoms with Crippen LogP contribution in [0.5, 0.6) is 5.75 Å². The number of carbonyl (C=O) groups is 1. The number of ether oxygens (including phenoxy) is 1. The van der Waals surface area contributed by atoms with Crippen molar-refractivity contribution in [2.75, 3.05) is 12.4 Å². The lowest BCUT2D eigenvalue weighted by Gasteiger charge is -2.04. The fourth-order valence-electron chi connectivity index (χ4n) is 2.44. The minimum absolute atomic E-state index is 0.00309. The van der Waals surface area contributed by atoms with Gasteiger partial charge in [0.05, 0.1) is 18.6 Å². The molecule has 3 aromatic rings. The zero-order valence-electron chi connectivity index (χ0n) is 15.7. The zero-order valence-corrected chi connectivity index (χ0v) is 16.5. The summed E-state index contributed by atoms with van der Waals surface area (Å²) in [4.78, 5) is 12.2. The van der Waals surface area contributed by atoms with Crippen LogP contribution in [-0.4, -0.2) is 21.4 Å². The van der Waals surface area contributed by atoms with Gasteiger partial charge in [-0.1, -0.05) is 18.2 Å². The average Bonchev–Trinajstić information content (AvgIpc) is 3.20. The number of rotatable bonds is 8. The second-order valence-electron chi connectivity index (χ2n) is 5.99. The third-order valence-electron chi connectivity index (χ3n) is 3.93. The summed E-state index contributed by atoms with van der Waals surface area (Å²) in [6.45, 7) is 0.00309. The molecule has 0 saturated carbocycles. The summed E-state index contributed by atoms with van der Waals surface area (Å²) in [6.07, 6.45) is 2.84. The monoisotopic (exact) mass is 412 g/mol. The number of nitrogens with one attached hydrogen (secondary N) is 2. The highest BCUT2D eigenvalue weighted by atomic mass is 32.2. The van der Waals surface area contributed by atoms with Crippen LogP contribution >= 0.6 is 0 Å². The first-order valence-electron chi connectivity index (χ1n) is 8.73. The highest BCUT2D eigenvalue weighted by molar-refractivity contribution is 7.89. The predicted octanol–water partition coefficient (Wildman–Crippen LogP) is 3.42. The summed E-state index contributed by atoms with van der Waals surface area (Å²) >= 11 is 0. The molecule has 0 bridgehead atoms. The van der Waals surface area contributed by atoms with Gasteiger partial charge >= 0.3 is 0 Å². The van der Waals surface area contributed by atoms with Gasteiger partial charge in [0.1, 0.15) is 17.3 Å². The normalized spacial score (nSPS) is 11.5. The number of hydrogen-bond acceptors (Lipinski definition) is 5. The zero-order chi connectivity index (χ0) is 20.7. The Balaban J connectivity index is 1.54. The molecule has 0 unspecified atom stereocenters. The summed E-state index contributed by atoms with van der Waals surface area (Å²) in [5, 5.41) is 2.72. The molecule has 0 aliphatic heterocycles. The Bertz CT molecular complexity index is 1090. The molecule has 29 heavy (non-hydrogen) atoms. The van der Waals surface area contributed by atoms with Crippen LogP contribution in [0, 0.1) is 0 Å². The number of sulfonamides is 1. The molecule has 0 saturated heterocycles. The van der Waals surface area contributed by atoms with Crippen LogP contribution in [0.2, 0.25) is 0 Å². The van der Waals surface area contributed by atoms with E-state index in [0.717, 1.165) is 0 Å². The molecule has 1 heterocycles. The number of methoxy groups -OCH3 is 1. The third kappa shape index (κ3) is 5.81. The van der Waals surface area contributed by atoms with Gasteiger partial charge in [-0.25, -0.2) is 13.1 Å². The molecule has 150 valence electrons. The first-order chi connectivity index (χ1) is 14.0. The molecule has 8 heteroatoms. The summed E-state index contributed by atoms with van der Waals surface area (Å²) in [5.41, 5.74) is 0.635. The Morgan fingerprint density at radius 2 is 1.76 bits per heavy atom. The minimum Gasteiger partial charge on any atom is -0.497 e. The largest absolute Gasteiger partial charge is 0.497 e. The number of benzene rings is 2. The standard InChI is InChI=1S/C21H20N2O5S/c1-27-17-9-7-16(8-10-17)23-21(24)14-13-18-11-12-19(28-18)15-22-29(25,26)20-5-3-2-4-6-20/h2-14,22H,15H2,1H3,(H,23,24)/b14-13+. The second-order valence-corrected chi connectivity index (χ2v) is 7.76. The number of amides is 1. The maximum absolute atomic E-state index is 12.2. The Kier molecular flexibility index (Phi) is 6.48. The maximum Gasteiger partial charge on any atom is 0.248 e. The molecule has 2 N–H and O–H groups in total. The van der Waals surface area contributed by atoms with Crippen molar-refractivity contribution in [2.45, 2.75) is 11.4 Å². The number of furan rings is 1. The van der Waals surface area contributed by atoms with Gasteiger partial charge in [0.2, 0.25) is 15.9 Å². The molecular formula is C21H20N2O5S. The topological polar surface area (TPSA) is 97.6 Å². The van der Waals surface area contributed by atoms with Crippen LogP contribution in [0.3, 0.4) is 0 Å². The molecule has 0 aliphatic rings. The average molecular weight is 412 g/mol. The summed E-state index contributed by atoms with van der Waals surface area (Å²) in [6, 6.07) is 18.3. The van der Waals surface area contributed by atoms with Crippen molar-refractivity contribution in [3.63, 3.8) is 0 Å². The SMILES string of the molecule is COc1ccc(NC(=O)/C=C/c2ccc(CNS(=O)(=O)c3ccccc3)o2)cc1. The van der Waals surface area contributed by atoms with E-state index in [1.165, 1.54) is 24.3 Å². The fourth-order valence-corrected chi connectivity index (χ4v) is 3.46. The second kappa shape index (κ2) is 9.22. The van der Waals surface area contributed by atoms with E-state index in [1.807, 2.05) is 0 Å². The fraction of sp³-hybridized carbons (Fsp3) is 0.0952. The van der Waals surface area contributed by atoms with Crippen molar-refractivity contribution in [1.29, 1.82) is 0 Å². The van der Waals surface area contributed by atoms with Crippen LogP contribution in [0.4, 0.5) is 5.69 Å². The maximum atomic E-state index is 12.2. The van der Waals surface area contributed by atoms with Crippen molar-refractivity contribution < 1.29 is 22.4 Å². The van der Waals surface area contributed by atoms with Crippen molar-refractivity contribution in [1.82, 2.24) is 4.72 Å². The molecule has 0 aliphatic carbocycles. The molecule has 2 aromatic carbocycles. The summed E-state index contributed by atoms with van der Waals surface area (Å²) < 4.78 is 37.5. The van der Waals surface area contributed by atoms with E-state index in [-0.39, 0.29) is 17.3 Å². The summed E-state index contributed by atoms with van der Waals surface area (Å²) in [7, 11) is -2.05. The van der Waals surface area contributed by atoms with E-state index in [4.69, 9.17) is 9.15 Å². The number of anilines is 1. The smallest absolute Gasteiger partial charge is 0.248 e. The highest BCUT2D eigenvalue weighted by Gasteiger charge is 2.13. The van der Waals surface area contributed by atoms with Crippen molar-refractivity contribution in [3.05, 3.63) is 84.3 Å². The van der Waals surface area contributed by atoms with E-state index in [0.29, 0.717) is 23.0 Å². The van der Waals surface area contributed by atoms with Gasteiger partial charge in [-0.05, 0) is 54.6 Å². The summed E-state index contributed by atoms with van der Waals surface area (Å²) in [5.74, 6) is 1.24. The molecule has 3 rings (SSSR count). The van der Waals surface area contributed by atoms with Gasteiger partial charge in [-0.3, -0.25) is 4.79 Å². The lowest BCUT2D eigenvalue weighted by atomic mass is 10.3. The van der Waals surface area contributed by atoms with E-state index in [2.05, 4.69) is 10.0 Å². The lowest BCUT2D eigenvalue weighted by Crippen LogP contribution is -2.22. The number of hydrogen-bond donors (Lipinski definition) is 2. The van der Waals surface area contributed by atoms with Gasteiger partial charge in [0.15, 0.2) is 0 Å². The molecule has 1 amide bonds. The van der Waals surface area contributed by atoms with E-state index >= 15 is 0 Å². The molecule has 7 nitrogen and oxygen atoms in total. The van der Waals surface area contributed by atoms with E-state index in [9.17, 15) is 13.2 Å². The van der Waals surface area contributed by atoms with Gasteiger partial charge in [-0.2, -0.15) is 0 Å². The molecule has 0 fully saturated rings. The van der Waals surface area contributed by atoms with E-state index < -0.39 is 10.0 Å². The highest BCUT2D eigenvalue weighted by Crippen LogP contribution is 2.16. The van der Waals surface area contributed by atoms with Gasteiger partial charge in [0.25, 0.3) is 0 Å². The Hall–Kier alpha value is -3.36. The molecule has 0 radical (unpaired) electrons. The van der Waals surface area contributed by atoms with Crippen LogP contribution < -0.4 is 14.8 Å². The Labute approximate surface area is 169 Å². The molecule has 0 spiro atoms. The van der Waals surface area contributed by atoms with Gasteiger partial charge < -0.3 is 14.5 Å². The van der Waals surface area contributed by atoms with Crippen molar-refractivity contribution in [2.24, 2.45) is 0 Å². The molecule has 1 aromatic heterocycles. The Morgan fingerprint density at radius 1 is 1.03 bits per heavy atom. The quantitative estimate of drug-likeness (QED) is 0.553.